The molecule has 3 heteroatoms. The molecule has 0 amide bonds. The van der Waals surface area contributed by atoms with E-state index in [1.54, 1.807) is 0 Å². The van der Waals surface area contributed by atoms with Gasteiger partial charge in [-0.25, -0.2) is 0 Å². The average molecular weight is 714 g/mol. The maximum atomic E-state index is 2.68. The zero-order valence-corrected chi connectivity index (χ0v) is 33.8. The summed E-state index contributed by atoms with van der Waals surface area (Å²) in [5, 5.41) is 1.28. The second-order valence-corrected chi connectivity index (χ2v) is 19.3. The maximum absolute atomic E-state index is 2.68. The number of rotatable bonds is 2. The number of hydrogen-bond donors (Lipinski definition) is 0. The van der Waals surface area contributed by atoms with Crippen LogP contribution >= 0.6 is 0 Å². The molecule has 2 nitrogen and oxygen atoms in total. The minimum absolute atomic E-state index is 0.00551. The summed E-state index contributed by atoms with van der Waals surface area (Å²) in [6.07, 6.45) is 0. The predicted molar refractivity (Wildman–Crippen MR) is 234 cm³/mol. The molecule has 0 saturated carbocycles. The van der Waals surface area contributed by atoms with Gasteiger partial charge < -0.3 is 4.90 Å². The van der Waals surface area contributed by atoms with Crippen molar-refractivity contribution in [3.05, 3.63) is 156 Å². The van der Waals surface area contributed by atoms with E-state index in [-0.39, 0.29) is 28.9 Å². The van der Waals surface area contributed by atoms with Gasteiger partial charge in [0.05, 0.1) is 5.56 Å². The van der Waals surface area contributed by atoms with Gasteiger partial charge in [-0.05, 0) is 115 Å². The van der Waals surface area contributed by atoms with Gasteiger partial charge in [0.15, 0.2) is 5.94 Å². The SMILES string of the molecule is CC(C)(C)c1ccc(-c2cc3c4c(c2)N(c2ccc(C(C)(C)C)cc2)c2ccc(C(C)(C)C)cc2B4C2c4c-3cccc4-c3ccc4ccccc4[n+]32)cc1. The summed E-state index contributed by atoms with van der Waals surface area (Å²) >= 11 is 0. The molecule has 1 atom stereocenters. The number of para-hydroxylation sites is 1. The van der Waals surface area contributed by atoms with Gasteiger partial charge >= 0.3 is 6.71 Å². The van der Waals surface area contributed by atoms with E-state index < -0.39 is 0 Å². The molecule has 7 aromatic rings. The van der Waals surface area contributed by atoms with Crippen LogP contribution in [0.5, 0.6) is 0 Å². The van der Waals surface area contributed by atoms with Crippen molar-refractivity contribution in [1.29, 1.82) is 0 Å². The van der Waals surface area contributed by atoms with Crippen molar-refractivity contribution < 1.29 is 4.57 Å². The van der Waals surface area contributed by atoms with Gasteiger partial charge in [0, 0.05) is 40.1 Å². The lowest BCUT2D eigenvalue weighted by Gasteiger charge is -2.42. The van der Waals surface area contributed by atoms with Crippen LogP contribution in [0.1, 0.15) is 90.5 Å². The lowest BCUT2D eigenvalue weighted by atomic mass is 9.30. The number of anilines is 3. The molecule has 1 unspecified atom stereocenters. The van der Waals surface area contributed by atoms with Crippen molar-refractivity contribution in [1.82, 2.24) is 0 Å². The minimum Gasteiger partial charge on any atom is -0.311 e. The van der Waals surface area contributed by atoms with Crippen LogP contribution in [0.4, 0.5) is 17.1 Å². The van der Waals surface area contributed by atoms with Crippen LogP contribution in [0.25, 0.3) is 44.4 Å². The number of benzene rings is 6. The molecule has 1 aromatic heterocycles. The molecular weight excluding hydrogens is 663 g/mol. The number of fused-ring (bicyclic) bond motifs is 9. The van der Waals surface area contributed by atoms with Crippen molar-refractivity contribution >= 4 is 45.6 Å². The maximum Gasteiger partial charge on any atom is 0.304 e. The van der Waals surface area contributed by atoms with Crippen LogP contribution < -0.4 is 20.4 Å². The number of aromatic nitrogens is 1. The molecule has 6 aromatic carbocycles. The van der Waals surface area contributed by atoms with E-state index in [2.05, 4.69) is 205 Å². The third-order valence-corrected chi connectivity index (χ3v) is 12.7. The molecule has 0 bridgehead atoms. The smallest absolute Gasteiger partial charge is 0.304 e. The zero-order chi connectivity index (χ0) is 38.2. The third kappa shape index (κ3) is 5.12. The fourth-order valence-electron chi connectivity index (χ4n) is 9.71. The van der Waals surface area contributed by atoms with Gasteiger partial charge in [-0.3, -0.25) is 0 Å². The molecule has 0 fully saturated rings. The lowest BCUT2D eigenvalue weighted by Crippen LogP contribution is -2.63. The monoisotopic (exact) mass is 713 g/mol. The van der Waals surface area contributed by atoms with E-state index in [9.17, 15) is 0 Å². The van der Waals surface area contributed by atoms with Crippen molar-refractivity contribution in [2.45, 2.75) is 84.5 Å². The highest BCUT2D eigenvalue weighted by Crippen LogP contribution is 2.51. The Morgan fingerprint density at radius 1 is 0.509 bits per heavy atom. The zero-order valence-electron chi connectivity index (χ0n) is 33.8. The Balaban J connectivity index is 1.32. The van der Waals surface area contributed by atoms with E-state index in [1.165, 1.54) is 94.7 Å². The summed E-state index contributed by atoms with van der Waals surface area (Å²) in [5.41, 5.74) is 21.4. The van der Waals surface area contributed by atoms with Crippen molar-refractivity contribution in [3.8, 4) is 33.5 Å². The first-order chi connectivity index (χ1) is 26.2. The van der Waals surface area contributed by atoms with Crippen LogP contribution in [-0.4, -0.2) is 6.71 Å². The summed E-state index contributed by atoms with van der Waals surface area (Å²) in [4.78, 5) is 2.58. The molecule has 0 spiro atoms. The largest absolute Gasteiger partial charge is 0.311 e. The first-order valence-electron chi connectivity index (χ1n) is 20.1. The van der Waals surface area contributed by atoms with Crippen LogP contribution in [0.2, 0.25) is 0 Å². The summed E-state index contributed by atoms with van der Waals surface area (Å²) in [6, 6.07) is 51.7. The number of hydrogen-bond acceptors (Lipinski definition) is 1. The van der Waals surface area contributed by atoms with Crippen molar-refractivity contribution in [3.63, 3.8) is 0 Å². The highest BCUT2D eigenvalue weighted by molar-refractivity contribution is 6.90. The van der Waals surface area contributed by atoms with Crippen LogP contribution in [0.15, 0.2) is 133 Å². The lowest BCUT2D eigenvalue weighted by molar-refractivity contribution is -0.653. The van der Waals surface area contributed by atoms with E-state index in [1.807, 2.05) is 0 Å². The quantitative estimate of drug-likeness (QED) is 0.128. The molecule has 270 valence electrons. The second kappa shape index (κ2) is 11.6. The highest BCUT2D eigenvalue weighted by Gasteiger charge is 2.55. The Morgan fingerprint density at radius 3 is 1.84 bits per heavy atom. The fourth-order valence-corrected chi connectivity index (χ4v) is 9.71. The van der Waals surface area contributed by atoms with Crippen LogP contribution in [0.3, 0.4) is 0 Å². The van der Waals surface area contributed by atoms with Crippen LogP contribution in [0, 0.1) is 0 Å². The Kier molecular flexibility index (Phi) is 7.17. The minimum atomic E-state index is 0.00551. The second-order valence-electron chi connectivity index (χ2n) is 19.3. The highest BCUT2D eigenvalue weighted by atomic mass is 15.2. The summed E-state index contributed by atoms with van der Waals surface area (Å²) in [7, 11) is 0. The van der Waals surface area contributed by atoms with Gasteiger partial charge in [0.25, 0.3) is 0 Å². The van der Waals surface area contributed by atoms with Gasteiger partial charge in [-0.2, -0.15) is 4.57 Å². The standard InChI is InChI=1S/C52H50BN2/c1-50(2,3)35-20-17-32(18-21-35)34-29-41-39-14-12-15-40-44-27-19-33-13-10-11-16-43(33)55(44)49(47(39)40)53-42-31-37(52(7,8)9)24-28-45(42)54(46(30-34)48(41)53)38-25-22-36(23-26-38)51(4,5)6/h10-31,49H,1-9H3/q+1. The Labute approximate surface area is 327 Å². The molecule has 0 radical (unpaired) electrons. The molecule has 0 N–H and O–H groups in total. The average Bonchev–Trinajstić information content (AvgIpc) is 3.50. The molecule has 0 aliphatic carbocycles. The van der Waals surface area contributed by atoms with E-state index in [0.717, 1.165) is 0 Å². The summed E-state index contributed by atoms with van der Waals surface area (Å²) in [6.45, 7) is 20.9. The molecule has 55 heavy (non-hydrogen) atoms. The molecule has 3 aliphatic heterocycles. The fraction of sp³-hybridized carbons (Fsp3) is 0.250. The molecule has 10 rings (SSSR count). The first kappa shape index (κ1) is 34.1. The van der Waals surface area contributed by atoms with E-state index in [0.29, 0.717) is 0 Å². The Hall–Kier alpha value is -5.41. The Morgan fingerprint density at radius 2 is 1.15 bits per heavy atom. The molecule has 4 heterocycles. The normalized spacial score (nSPS) is 15.5. The molecule has 3 aliphatic rings. The van der Waals surface area contributed by atoms with Gasteiger partial charge in [0.1, 0.15) is 0 Å². The van der Waals surface area contributed by atoms with Crippen LogP contribution in [-0.2, 0) is 16.2 Å². The molecule has 0 saturated heterocycles. The van der Waals surface area contributed by atoms with Gasteiger partial charge in [-0.1, -0.05) is 135 Å². The van der Waals surface area contributed by atoms with Crippen molar-refractivity contribution in [2.24, 2.45) is 0 Å². The summed E-state index contributed by atoms with van der Waals surface area (Å²) in [5.74, 6) is 0.120. The van der Waals surface area contributed by atoms with Gasteiger partial charge in [-0.15, -0.1) is 0 Å². The van der Waals surface area contributed by atoms with Gasteiger partial charge in [0.2, 0.25) is 11.2 Å². The number of nitrogens with zero attached hydrogens (tertiary/aromatic N) is 2. The first-order valence-corrected chi connectivity index (χ1v) is 20.1. The van der Waals surface area contributed by atoms with E-state index >= 15 is 0 Å². The third-order valence-electron chi connectivity index (χ3n) is 12.7. The molecular formula is C52H50BN2+. The topological polar surface area (TPSA) is 7.12 Å². The number of pyridine rings is 1. The van der Waals surface area contributed by atoms with Crippen molar-refractivity contribution in [2.75, 3.05) is 4.90 Å². The predicted octanol–water partition coefficient (Wildman–Crippen LogP) is 11.9. The van der Waals surface area contributed by atoms with E-state index in [4.69, 9.17) is 0 Å². The Bertz CT molecular complexity index is 2700. The summed E-state index contributed by atoms with van der Waals surface area (Å²) < 4.78 is 2.68.